The van der Waals surface area contributed by atoms with Crippen LogP contribution in [0.4, 0.5) is 0 Å². The van der Waals surface area contributed by atoms with E-state index in [1.54, 1.807) is 30.0 Å². The van der Waals surface area contributed by atoms with Gasteiger partial charge in [0.05, 0.1) is 13.2 Å². The van der Waals surface area contributed by atoms with Gasteiger partial charge in [-0.05, 0) is 30.7 Å². The Balaban J connectivity index is 2.06. The standard InChI is InChI=1S/C20H21N3O3/c1-14(13-26-2)22-19(24)17-11-16-9-6-10-21-18(16)23(20(17)25)12-15-7-4-3-5-8-15/h3-11,14H,12-13H2,1-2H3,(H,22,24)/t14-/m1/s1. The molecule has 0 saturated heterocycles. The smallest absolute Gasteiger partial charge is 0.265 e. The number of hydrogen-bond donors (Lipinski definition) is 1. The normalized spacial score (nSPS) is 12.1. The summed E-state index contributed by atoms with van der Waals surface area (Å²) in [6.45, 7) is 2.55. The molecular formula is C20H21N3O3. The first kappa shape index (κ1) is 17.8. The highest BCUT2D eigenvalue weighted by Crippen LogP contribution is 2.13. The van der Waals surface area contributed by atoms with E-state index in [4.69, 9.17) is 4.74 Å². The highest BCUT2D eigenvalue weighted by Gasteiger charge is 2.18. The summed E-state index contributed by atoms with van der Waals surface area (Å²) in [6.07, 6.45) is 1.64. The van der Waals surface area contributed by atoms with E-state index in [0.29, 0.717) is 18.8 Å². The molecule has 0 fully saturated rings. The summed E-state index contributed by atoms with van der Waals surface area (Å²) >= 11 is 0. The largest absolute Gasteiger partial charge is 0.383 e. The number of nitrogens with one attached hydrogen (secondary N) is 1. The molecule has 2 aromatic heterocycles. The Hall–Kier alpha value is -2.99. The van der Waals surface area contributed by atoms with Crippen molar-refractivity contribution in [2.75, 3.05) is 13.7 Å². The third-order valence-electron chi connectivity index (χ3n) is 4.07. The van der Waals surface area contributed by atoms with Gasteiger partial charge in [-0.3, -0.25) is 14.2 Å². The van der Waals surface area contributed by atoms with Gasteiger partial charge in [-0.2, -0.15) is 0 Å². The zero-order chi connectivity index (χ0) is 18.5. The van der Waals surface area contributed by atoms with Crippen molar-refractivity contribution in [3.8, 4) is 0 Å². The molecule has 6 heteroatoms. The van der Waals surface area contributed by atoms with Crippen LogP contribution < -0.4 is 10.9 Å². The lowest BCUT2D eigenvalue weighted by Gasteiger charge is -2.15. The van der Waals surface area contributed by atoms with E-state index in [1.165, 1.54) is 0 Å². The van der Waals surface area contributed by atoms with Crippen molar-refractivity contribution < 1.29 is 9.53 Å². The van der Waals surface area contributed by atoms with Crippen LogP contribution in [-0.4, -0.2) is 35.2 Å². The van der Waals surface area contributed by atoms with Crippen molar-refractivity contribution in [3.05, 3.63) is 76.2 Å². The zero-order valence-corrected chi connectivity index (χ0v) is 14.8. The van der Waals surface area contributed by atoms with E-state index in [-0.39, 0.29) is 17.2 Å². The predicted octanol–water partition coefficient (Wildman–Crippen LogP) is 2.21. The Morgan fingerprint density at radius 1 is 1.23 bits per heavy atom. The molecule has 6 nitrogen and oxygen atoms in total. The highest BCUT2D eigenvalue weighted by molar-refractivity contribution is 5.97. The Morgan fingerprint density at radius 2 is 2.00 bits per heavy atom. The maximum absolute atomic E-state index is 13.0. The molecule has 26 heavy (non-hydrogen) atoms. The van der Waals surface area contributed by atoms with E-state index in [9.17, 15) is 9.59 Å². The zero-order valence-electron chi connectivity index (χ0n) is 14.8. The summed E-state index contributed by atoms with van der Waals surface area (Å²) in [5, 5.41) is 3.54. The molecule has 0 unspecified atom stereocenters. The van der Waals surface area contributed by atoms with Crippen molar-refractivity contribution in [1.29, 1.82) is 0 Å². The van der Waals surface area contributed by atoms with Crippen molar-refractivity contribution >= 4 is 16.9 Å². The molecule has 1 aromatic carbocycles. The SMILES string of the molecule is COC[C@@H](C)NC(=O)c1cc2cccnc2n(Cc2ccccc2)c1=O. The number of aromatic nitrogens is 2. The van der Waals surface area contributed by atoms with Crippen LogP contribution in [0.2, 0.25) is 0 Å². The molecule has 134 valence electrons. The molecule has 0 spiro atoms. The molecule has 1 atom stereocenters. The molecule has 1 amide bonds. The van der Waals surface area contributed by atoms with Crippen molar-refractivity contribution in [1.82, 2.24) is 14.9 Å². The van der Waals surface area contributed by atoms with Gasteiger partial charge in [0.25, 0.3) is 11.5 Å². The van der Waals surface area contributed by atoms with Crippen LogP contribution in [0.1, 0.15) is 22.8 Å². The summed E-state index contributed by atoms with van der Waals surface area (Å²) < 4.78 is 6.58. The van der Waals surface area contributed by atoms with Crippen molar-refractivity contribution in [2.24, 2.45) is 0 Å². The summed E-state index contributed by atoms with van der Waals surface area (Å²) in [4.78, 5) is 29.9. The second-order valence-corrected chi connectivity index (χ2v) is 6.18. The van der Waals surface area contributed by atoms with E-state index in [0.717, 1.165) is 10.9 Å². The number of amides is 1. The summed E-state index contributed by atoms with van der Waals surface area (Å²) in [7, 11) is 1.57. The second-order valence-electron chi connectivity index (χ2n) is 6.18. The average molecular weight is 351 g/mol. The maximum atomic E-state index is 13.0. The van der Waals surface area contributed by atoms with Crippen molar-refractivity contribution in [2.45, 2.75) is 19.5 Å². The molecule has 0 bridgehead atoms. The summed E-state index contributed by atoms with van der Waals surface area (Å²) in [5.41, 5.74) is 1.27. The van der Waals surface area contributed by atoms with Gasteiger partial charge in [-0.1, -0.05) is 30.3 Å². The topological polar surface area (TPSA) is 73.2 Å². The number of carbonyl (C=O) groups excluding carboxylic acids is 1. The second kappa shape index (κ2) is 7.93. The van der Waals surface area contributed by atoms with Gasteiger partial charge in [0, 0.05) is 24.7 Å². The van der Waals surface area contributed by atoms with E-state index >= 15 is 0 Å². The van der Waals surface area contributed by atoms with Gasteiger partial charge in [0.2, 0.25) is 0 Å². The van der Waals surface area contributed by atoms with Crippen LogP contribution in [0, 0.1) is 0 Å². The van der Waals surface area contributed by atoms with Crippen LogP contribution >= 0.6 is 0 Å². The monoisotopic (exact) mass is 351 g/mol. The fourth-order valence-electron chi connectivity index (χ4n) is 2.87. The number of pyridine rings is 2. The minimum Gasteiger partial charge on any atom is -0.383 e. The molecule has 0 saturated carbocycles. The number of benzene rings is 1. The number of nitrogens with zero attached hydrogens (tertiary/aromatic N) is 2. The number of fused-ring (bicyclic) bond motifs is 1. The first-order valence-corrected chi connectivity index (χ1v) is 8.42. The van der Waals surface area contributed by atoms with Gasteiger partial charge in [0.15, 0.2) is 0 Å². The van der Waals surface area contributed by atoms with E-state index in [2.05, 4.69) is 10.3 Å². The fraction of sp³-hybridized carbons (Fsp3) is 0.250. The third kappa shape index (κ3) is 3.81. The van der Waals surface area contributed by atoms with Crippen LogP contribution in [0.15, 0.2) is 59.5 Å². The number of carbonyl (C=O) groups is 1. The quantitative estimate of drug-likeness (QED) is 0.739. The first-order valence-electron chi connectivity index (χ1n) is 8.42. The Kier molecular flexibility index (Phi) is 5.43. The van der Waals surface area contributed by atoms with Crippen molar-refractivity contribution in [3.63, 3.8) is 0 Å². The van der Waals surface area contributed by atoms with Gasteiger partial charge < -0.3 is 10.1 Å². The molecule has 3 rings (SSSR count). The van der Waals surface area contributed by atoms with Crippen LogP contribution in [-0.2, 0) is 11.3 Å². The van der Waals surface area contributed by atoms with Gasteiger partial charge in [0.1, 0.15) is 11.2 Å². The fourth-order valence-corrected chi connectivity index (χ4v) is 2.87. The summed E-state index contributed by atoms with van der Waals surface area (Å²) in [6, 6.07) is 14.7. The highest BCUT2D eigenvalue weighted by atomic mass is 16.5. The molecule has 1 N–H and O–H groups in total. The molecule has 0 aliphatic heterocycles. The lowest BCUT2D eigenvalue weighted by molar-refractivity contribution is 0.0903. The van der Waals surface area contributed by atoms with Gasteiger partial charge in [-0.15, -0.1) is 0 Å². The third-order valence-corrected chi connectivity index (χ3v) is 4.07. The predicted molar refractivity (Wildman–Crippen MR) is 100 cm³/mol. The molecule has 0 radical (unpaired) electrons. The minimum absolute atomic E-state index is 0.101. The van der Waals surface area contributed by atoms with E-state index < -0.39 is 5.91 Å². The van der Waals surface area contributed by atoms with Crippen LogP contribution in [0.25, 0.3) is 11.0 Å². The number of rotatable bonds is 6. The molecular weight excluding hydrogens is 330 g/mol. The average Bonchev–Trinajstić information content (AvgIpc) is 2.64. The van der Waals surface area contributed by atoms with Crippen LogP contribution in [0.5, 0.6) is 0 Å². The van der Waals surface area contributed by atoms with Crippen LogP contribution in [0.3, 0.4) is 0 Å². The number of methoxy groups -OCH3 is 1. The number of hydrogen-bond acceptors (Lipinski definition) is 4. The van der Waals surface area contributed by atoms with E-state index in [1.807, 2.05) is 43.3 Å². The Morgan fingerprint density at radius 3 is 2.73 bits per heavy atom. The molecule has 0 aliphatic carbocycles. The molecule has 3 aromatic rings. The Labute approximate surface area is 151 Å². The summed E-state index contributed by atoms with van der Waals surface area (Å²) in [5.74, 6) is -0.410. The molecule has 0 aliphatic rings. The molecule has 2 heterocycles. The minimum atomic E-state index is -0.410. The first-order chi connectivity index (χ1) is 12.6. The number of ether oxygens (including phenoxy) is 1. The lowest BCUT2D eigenvalue weighted by atomic mass is 10.1. The lowest BCUT2D eigenvalue weighted by Crippen LogP contribution is -2.39. The van der Waals surface area contributed by atoms with Gasteiger partial charge in [-0.25, -0.2) is 4.98 Å². The van der Waals surface area contributed by atoms with Gasteiger partial charge >= 0.3 is 0 Å². The maximum Gasteiger partial charge on any atom is 0.265 e. The Bertz CT molecular complexity index is 967.